The van der Waals surface area contributed by atoms with E-state index in [1.165, 1.54) is 25.5 Å². The molecule has 6 heteroatoms. The number of amides is 1. The zero-order chi connectivity index (χ0) is 15.2. The number of nitrogens with one attached hydrogen (secondary N) is 1. The Morgan fingerprint density at radius 1 is 1.29 bits per heavy atom. The van der Waals surface area contributed by atoms with Gasteiger partial charge in [0.05, 0.1) is 13.3 Å². The molecule has 0 saturated carbocycles. The molecule has 0 fully saturated rings. The van der Waals surface area contributed by atoms with Gasteiger partial charge in [0, 0.05) is 21.7 Å². The van der Waals surface area contributed by atoms with Crippen LogP contribution in [0.3, 0.4) is 0 Å². The van der Waals surface area contributed by atoms with Crippen LogP contribution in [0, 0.1) is 0 Å². The second kappa shape index (κ2) is 6.90. The largest absolute Gasteiger partial charge is 0.508 e. The van der Waals surface area contributed by atoms with E-state index in [-0.39, 0.29) is 11.7 Å². The quantitative estimate of drug-likeness (QED) is 0.659. The molecule has 0 bridgehead atoms. The van der Waals surface area contributed by atoms with Crippen molar-refractivity contribution in [2.45, 2.75) is 0 Å². The summed E-state index contributed by atoms with van der Waals surface area (Å²) < 4.78 is 6.01. The van der Waals surface area contributed by atoms with Gasteiger partial charge in [0.2, 0.25) is 0 Å². The molecule has 0 spiro atoms. The predicted octanol–water partition coefficient (Wildman–Crippen LogP) is 2.93. The molecule has 0 heterocycles. The number of phenols is 1. The van der Waals surface area contributed by atoms with E-state index in [2.05, 4.69) is 26.5 Å². The standard InChI is InChI=1S/C15H13BrN2O3/c1-21-14-8-13(19)7-4-11(14)9-17-18-15(20)10-2-5-12(16)6-3-10/h2-9,19H,1H3,(H,18,20)/b17-9+. The Morgan fingerprint density at radius 3 is 2.67 bits per heavy atom. The van der Waals surface area contributed by atoms with Gasteiger partial charge < -0.3 is 9.84 Å². The molecule has 2 N–H and O–H groups in total. The topological polar surface area (TPSA) is 70.9 Å². The number of rotatable bonds is 4. The second-order valence-electron chi connectivity index (χ2n) is 4.13. The molecule has 2 rings (SSSR count). The number of halogens is 1. The molecule has 5 nitrogen and oxygen atoms in total. The van der Waals surface area contributed by atoms with Crippen LogP contribution in [-0.2, 0) is 0 Å². The summed E-state index contributed by atoms with van der Waals surface area (Å²) in [5.41, 5.74) is 3.58. The molecule has 0 atom stereocenters. The van der Waals surface area contributed by atoms with Crippen molar-refractivity contribution in [3.05, 3.63) is 58.1 Å². The van der Waals surface area contributed by atoms with Crippen LogP contribution in [0.5, 0.6) is 11.5 Å². The fourth-order valence-electron chi connectivity index (χ4n) is 1.63. The van der Waals surface area contributed by atoms with Crippen molar-refractivity contribution in [2.75, 3.05) is 7.11 Å². The van der Waals surface area contributed by atoms with Crippen LogP contribution >= 0.6 is 15.9 Å². The van der Waals surface area contributed by atoms with Gasteiger partial charge in [-0.25, -0.2) is 5.43 Å². The lowest BCUT2D eigenvalue weighted by Crippen LogP contribution is -2.17. The highest BCUT2D eigenvalue weighted by molar-refractivity contribution is 9.10. The summed E-state index contributed by atoms with van der Waals surface area (Å²) in [5, 5.41) is 13.2. The van der Waals surface area contributed by atoms with Crippen LogP contribution in [-0.4, -0.2) is 24.3 Å². The maximum Gasteiger partial charge on any atom is 0.271 e. The lowest BCUT2D eigenvalue weighted by molar-refractivity contribution is 0.0955. The van der Waals surface area contributed by atoms with Crippen molar-refractivity contribution in [1.29, 1.82) is 0 Å². The minimum Gasteiger partial charge on any atom is -0.508 e. The van der Waals surface area contributed by atoms with Crippen molar-refractivity contribution < 1.29 is 14.6 Å². The van der Waals surface area contributed by atoms with Crippen LogP contribution in [0.25, 0.3) is 0 Å². The number of carbonyl (C=O) groups is 1. The Bertz CT molecular complexity index is 669. The number of benzene rings is 2. The maximum atomic E-state index is 11.8. The Balaban J connectivity index is 2.05. The average Bonchev–Trinajstić information content (AvgIpc) is 2.49. The number of hydrogen-bond donors (Lipinski definition) is 2. The highest BCUT2D eigenvalue weighted by Crippen LogP contribution is 2.22. The van der Waals surface area contributed by atoms with Gasteiger partial charge in [-0.05, 0) is 36.4 Å². The van der Waals surface area contributed by atoms with E-state index in [1.54, 1.807) is 30.3 Å². The number of aromatic hydroxyl groups is 1. The lowest BCUT2D eigenvalue weighted by atomic mass is 10.2. The summed E-state index contributed by atoms with van der Waals surface area (Å²) in [7, 11) is 1.49. The molecular formula is C15H13BrN2O3. The van der Waals surface area contributed by atoms with Gasteiger partial charge in [0.1, 0.15) is 11.5 Å². The van der Waals surface area contributed by atoms with Crippen molar-refractivity contribution in [1.82, 2.24) is 5.43 Å². The lowest BCUT2D eigenvalue weighted by Gasteiger charge is -2.04. The zero-order valence-electron chi connectivity index (χ0n) is 11.2. The molecule has 0 aliphatic rings. The molecule has 21 heavy (non-hydrogen) atoms. The van der Waals surface area contributed by atoms with Crippen LogP contribution in [0.1, 0.15) is 15.9 Å². The van der Waals surface area contributed by atoms with Gasteiger partial charge in [0.15, 0.2) is 0 Å². The van der Waals surface area contributed by atoms with Crippen molar-refractivity contribution in [3.63, 3.8) is 0 Å². The highest BCUT2D eigenvalue weighted by Gasteiger charge is 2.04. The van der Waals surface area contributed by atoms with Gasteiger partial charge in [-0.15, -0.1) is 0 Å². The monoisotopic (exact) mass is 348 g/mol. The first-order valence-electron chi connectivity index (χ1n) is 6.06. The molecule has 0 unspecified atom stereocenters. The second-order valence-corrected chi connectivity index (χ2v) is 5.05. The molecule has 0 aliphatic heterocycles. The summed E-state index contributed by atoms with van der Waals surface area (Å²) in [6, 6.07) is 11.6. The van der Waals surface area contributed by atoms with Crippen LogP contribution < -0.4 is 10.2 Å². The number of nitrogens with zero attached hydrogens (tertiary/aromatic N) is 1. The van der Waals surface area contributed by atoms with Gasteiger partial charge in [-0.3, -0.25) is 4.79 Å². The third-order valence-corrected chi connectivity index (χ3v) is 3.22. The minimum atomic E-state index is -0.309. The zero-order valence-corrected chi connectivity index (χ0v) is 12.8. The molecule has 0 radical (unpaired) electrons. The average molecular weight is 349 g/mol. The Labute approximate surface area is 130 Å². The molecule has 0 aromatic heterocycles. The fourth-order valence-corrected chi connectivity index (χ4v) is 1.90. The number of methoxy groups -OCH3 is 1. The molecule has 0 saturated heterocycles. The van der Waals surface area contributed by atoms with E-state index in [1.807, 2.05) is 0 Å². The van der Waals surface area contributed by atoms with Crippen LogP contribution in [0.4, 0.5) is 0 Å². The number of hydrazone groups is 1. The van der Waals surface area contributed by atoms with E-state index in [0.717, 1.165) is 4.47 Å². The Kier molecular flexibility index (Phi) is 4.94. The first-order valence-corrected chi connectivity index (χ1v) is 6.85. The summed E-state index contributed by atoms with van der Waals surface area (Å²) in [6.45, 7) is 0. The first kappa shape index (κ1) is 15.1. The Hall–Kier alpha value is -2.34. The normalized spacial score (nSPS) is 10.6. The first-order chi connectivity index (χ1) is 10.1. The van der Waals surface area contributed by atoms with Gasteiger partial charge in [0.25, 0.3) is 5.91 Å². The third-order valence-electron chi connectivity index (χ3n) is 2.69. The molecular weight excluding hydrogens is 336 g/mol. The minimum absolute atomic E-state index is 0.0999. The highest BCUT2D eigenvalue weighted by atomic mass is 79.9. The molecule has 2 aromatic rings. The van der Waals surface area contributed by atoms with Crippen LogP contribution in [0.2, 0.25) is 0 Å². The molecule has 1 amide bonds. The van der Waals surface area contributed by atoms with E-state index in [0.29, 0.717) is 16.9 Å². The molecule has 108 valence electrons. The predicted molar refractivity (Wildman–Crippen MR) is 83.9 cm³/mol. The summed E-state index contributed by atoms with van der Waals surface area (Å²) in [4.78, 5) is 11.8. The summed E-state index contributed by atoms with van der Waals surface area (Å²) >= 11 is 3.30. The van der Waals surface area contributed by atoms with E-state index in [9.17, 15) is 9.90 Å². The van der Waals surface area contributed by atoms with Crippen LogP contribution in [0.15, 0.2) is 52.0 Å². The van der Waals surface area contributed by atoms with Gasteiger partial charge in [-0.1, -0.05) is 15.9 Å². The van der Waals surface area contributed by atoms with E-state index in [4.69, 9.17) is 4.74 Å². The maximum absolute atomic E-state index is 11.8. The van der Waals surface area contributed by atoms with Crippen molar-refractivity contribution in [2.24, 2.45) is 5.10 Å². The number of ether oxygens (including phenoxy) is 1. The van der Waals surface area contributed by atoms with Crippen molar-refractivity contribution in [3.8, 4) is 11.5 Å². The van der Waals surface area contributed by atoms with E-state index < -0.39 is 0 Å². The molecule has 2 aromatic carbocycles. The Morgan fingerprint density at radius 2 is 2.00 bits per heavy atom. The summed E-state index contributed by atoms with van der Waals surface area (Å²) in [6.07, 6.45) is 1.45. The van der Waals surface area contributed by atoms with Gasteiger partial charge in [-0.2, -0.15) is 5.10 Å². The van der Waals surface area contributed by atoms with Gasteiger partial charge >= 0.3 is 0 Å². The smallest absolute Gasteiger partial charge is 0.271 e. The number of hydrogen-bond acceptors (Lipinski definition) is 4. The summed E-state index contributed by atoms with van der Waals surface area (Å²) in [5.74, 6) is 0.260. The fraction of sp³-hybridized carbons (Fsp3) is 0.0667. The number of carbonyl (C=O) groups excluding carboxylic acids is 1. The molecule has 0 aliphatic carbocycles. The van der Waals surface area contributed by atoms with Crippen molar-refractivity contribution >= 4 is 28.1 Å². The van der Waals surface area contributed by atoms with E-state index >= 15 is 0 Å². The number of phenolic OH excluding ortho intramolecular Hbond substituents is 1. The SMILES string of the molecule is COc1cc(O)ccc1/C=N/NC(=O)c1ccc(Br)cc1. The third kappa shape index (κ3) is 4.06.